The van der Waals surface area contributed by atoms with Crippen LogP contribution < -0.4 is 10.6 Å². The van der Waals surface area contributed by atoms with E-state index < -0.39 is 0 Å². The summed E-state index contributed by atoms with van der Waals surface area (Å²) >= 11 is 1.50. The van der Waals surface area contributed by atoms with Crippen molar-refractivity contribution < 1.29 is 14.0 Å². The second-order valence-electron chi connectivity index (χ2n) is 8.73. The van der Waals surface area contributed by atoms with Gasteiger partial charge < -0.3 is 9.73 Å². The lowest BCUT2D eigenvalue weighted by Gasteiger charge is -2.55. The Morgan fingerprint density at radius 1 is 1.18 bits per heavy atom. The van der Waals surface area contributed by atoms with Crippen molar-refractivity contribution in [1.82, 2.24) is 15.5 Å². The van der Waals surface area contributed by atoms with Gasteiger partial charge in [0.1, 0.15) is 10.8 Å². The van der Waals surface area contributed by atoms with Gasteiger partial charge >= 0.3 is 0 Å². The summed E-state index contributed by atoms with van der Waals surface area (Å²) in [6.07, 6.45) is 9.29. The number of amides is 2. The molecule has 6 rings (SSSR count). The van der Waals surface area contributed by atoms with Crippen LogP contribution in [0.3, 0.4) is 0 Å². The van der Waals surface area contributed by atoms with Crippen LogP contribution in [0.4, 0.5) is 5.13 Å². The van der Waals surface area contributed by atoms with Gasteiger partial charge in [0.2, 0.25) is 11.0 Å². The minimum atomic E-state index is -0.326. The molecular weight excluding hydrogens is 376 g/mol. The van der Waals surface area contributed by atoms with E-state index >= 15 is 0 Å². The second kappa shape index (κ2) is 6.69. The van der Waals surface area contributed by atoms with Crippen LogP contribution in [-0.2, 0) is 10.2 Å². The Kier molecular flexibility index (Phi) is 4.26. The topological polar surface area (TPSA) is 97.1 Å². The molecule has 4 aliphatic rings. The highest BCUT2D eigenvalue weighted by atomic mass is 32.1. The van der Waals surface area contributed by atoms with E-state index in [9.17, 15) is 9.59 Å². The first-order valence-electron chi connectivity index (χ1n) is 9.97. The molecule has 0 atom stereocenters. The quantitative estimate of drug-likeness (QED) is 0.803. The SMILES string of the molecule is Cc1occc1C(=O)NCC(=O)Nc1nnc(C23CC4CC(CC(C4)C2)C3)s1. The molecule has 0 saturated heterocycles. The molecule has 0 spiro atoms. The molecule has 4 aliphatic carbocycles. The number of nitrogens with one attached hydrogen (secondary N) is 2. The molecule has 4 fully saturated rings. The van der Waals surface area contributed by atoms with Crippen LogP contribution in [0.25, 0.3) is 0 Å². The summed E-state index contributed by atoms with van der Waals surface area (Å²) < 4.78 is 5.11. The lowest BCUT2D eigenvalue weighted by Crippen LogP contribution is -2.48. The maximum Gasteiger partial charge on any atom is 0.255 e. The zero-order chi connectivity index (χ0) is 19.3. The molecule has 0 aliphatic heterocycles. The van der Waals surface area contributed by atoms with Crippen molar-refractivity contribution >= 4 is 28.3 Å². The monoisotopic (exact) mass is 400 g/mol. The van der Waals surface area contributed by atoms with Gasteiger partial charge in [0, 0.05) is 5.41 Å². The number of rotatable bonds is 5. The number of furan rings is 1. The maximum absolute atomic E-state index is 12.2. The third kappa shape index (κ3) is 3.13. The summed E-state index contributed by atoms with van der Waals surface area (Å²) in [5, 5.41) is 15.7. The Hall–Kier alpha value is -2.22. The molecule has 4 saturated carbocycles. The van der Waals surface area contributed by atoms with Gasteiger partial charge in [-0.3, -0.25) is 14.9 Å². The van der Waals surface area contributed by atoms with E-state index in [2.05, 4.69) is 20.8 Å². The summed E-state index contributed by atoms with van der Waals surface area (Å²) in [5.74, 6) is 2.43. The van der Waals surface area contributed by atoms with Crippen molar-refractivity contribution in [3.63, 3.8) is 0 Å². The van der Waals surface area contributed by atoms with Gasteiger partial charge in [-0.05, 0) is 69.3 Å². The van der Waals surface area contributed by atoms with Crippen molar-refractivity contribution in [3.05, 3.63) is 28.7 Å². The number of carbonyl (C=O) groups is 2. The van der Waals surface area contributed by atoms with Crippen LogP contribution in [0.15, 0.2) is 16.7 Å². The molecule has 2 N–H and O–H groups in total. The third-order valence-corrected chi connectivity index (χ3v) is 7.76. The lowest BCUT2D eigenvalue weighted by atomic mass is 9.50. The van der Waals surface area contributed by atoms with Gasteiger partial charge in [-0.1, -0.05) is 11.3 Å². The molecule has 0 radical (unpaired) electrons. The molecule has 2 amide bonds. The smallest absolute Gasteiger partial charge is 0.255 e. The normalized spacial score (nSPS) is 30.4. The molecule has 2 aromatic heterocycles. The molecule has 28 heavy (non-hydrogen) atoms. The van der Waals surface area contributed by atoms with Crippen molar-refractivity contribution in [1.29, 1.82) is 0 Å². The standard InChI is InChI=1S/C20H24N4O3S/c1-11-15(2-3-27-11)17(26)21-10-16(25)22-19-24-23-18(28-19)20-7-12-4-13(8-20)6-14(5-12)9-20/h2-3,12-14H,4-10H2,1H3,(H,21,26)(H,22,24,25). The second-order valence-corrected chi connectivity index (χ2v) is 9.71. The molecule has 0 unspecified atom stereocenters. The van der Waals surface area contributed by atoms with Gasteiger partial charge in [0.05, 0.1) is 18.4 Å². The van der Waals surface area contributed by atoms with Crippen LogP contribution in [0.5, 0.6) is 0 Å². The predicted octanol–water partition coefficient (Wildman–Crippen LogP) is 3.28. The fourth-order valence-corrected chi connectivity index (χ4v) is 6.88. The van der Waals surface area contributed by atoms with E-state index in [0.717, 1.165) is 22.8 Å². The predicted molar refractivity (Wildman–Crippen MR) is 104 cm³/mol. The first kappa shape index (κ1) is 17.8. The number of nitrogens with zero attached hydrogens (tertiary/aromatic N) is 2. The van der Waals surface area contributed by atoms with Crippen molar-refractivity contribution in [2.75, 3.05) is 11.9 Å². The largest absolute Gasteiger partial charge is 0.469 e. The van der Waals surface area contributed by atoms with Crippen LogP contribution in [0.1, 0.15) is 59.7 Å². The highest BCUT2D eigenvalue weighted by Crippen LogP contribution is 2.61. The third-order valence-electron chi connectivity index (χ3n) is 6.68. The number of carbonyl (C=O) groups excluding carboxylic acids is 2. The van der Waals surface area contributed by atoms with Crippen LogP contribution in [-0.4, -0.2) is 28.6 Å². The van der Waals surface area contributed by atoms with Crippen LogP contribution in [0, 0.1) is 24.7 Å². The Balaban J connectivity index is 1.21. The number of aromatic nitrogens is 2. The first-order chi connectivity index (χ1) is 13.5. The van der Waals surface area contributed by atoms with Crippen molar-refractivity contribution in [2.24, 2.45) is 17.8 Å². The summed E-state index contributed by atoms with van der Waals surface area (Å²) in [6, 6.07) is 1.59. The molecular formula is C20H24N4O3S. The Morgan fingerprint density at radius 2 is 1.86 bits per heavy atom. The molecule has 148 valence electrons. The number of anilines is 1. The Bertz CT molecular complexity index is 883. The Labute approximate surface area is 167 Å². The molecule has 2 aromatic rings. The summed E-state index contributed by atoms with van der Waals surface area (Å²) in [7, 11) is 0. The van der Waals surface area contributed by atoms with Crippen molar-refractivity contribution in [2.45, 2.75) is 50.9 Å². The minimum absolute atomic E-state index is 0.115. The molecule has 7 nitrogen and oxygen atoms in total. The summed E-state index contributed by atoms with van der Waals surface area (Å²) in [6.45, 7) is 1.60. The fourth-order valence-electron chi connectivity index (χ4n) is 5.90. The maximum atomic E-state index is 12.2. The number of hydrogen-bond donors (Lipinski definition) is 2. The average molecular weight is 401 g/mol. The van der Waals surface area contributed by atoms with E-state index in [1.54, 1.807) is 13.0 Å². The fraction of sp³-hybridized carbons (Fsp3) is 0.600. The average Bonchev–Trinajstić information content (AvgIpc) is 3.28. The lowest BCUT2D eigenvalue weighted by molar-refractivity contribution is -0.115. The van der Waals surface area contributed by atoms with E-state index in [1.807, 2.05) is 0 Å². The summed E-state index contributed by atoms with van der Waals surface area (Å²) in [5.41, 5.74) is 0.621. The van der Waals surface area contributed by atoms with Gasteiger partial charge in [-0.2, -0.15) is 0 Å². The van der Waals surface area contributed by atoms with Crippen LogP contribution >= 0.6 is 11.3 Å². The summed E-state index contributed by atoms with van der Waals surface area (Å²) in [4.78, 5) is 24.3. The highest BCUT2D eigenvalue weighted by Gasteiger charge is 2.53. The van der Waals surface area contributed by atoms with Gasteiger partial charge in [-0.25, -0.2) is 0 Å². The van der Waals surface area contributed by atoms with Gasteiger partial charge in [-0.15, -0.1) is 10.2 Å². The Morgan fingerprint density at radius 3 is 2.46 bits per heavy atom. The van der Waals surface area contributed by atoms with E-state index in [0.29, 0.717) is 16.5 Å². The van der Waals surface area contributed by atoms with Gasteiger partial charge in [0.15, 0.2) is 0 Å². The zero-order valence-electron chi connectivity index (χ0n) is 15.9. The molecule has 4 bridgehead atoms. The number of aryl methyl sites for hydroxylation is 1. The van der Waals surface area contributed by atoms with Gasteiger partial charge in [0.25, 0.3) is 5.91 Å². The zero-order valence-corrected chi connectivity index (χ0v) is 16.7. The number of hydrogen-bond acceptors (Lipinski definition) is 6. The molecule has 8 heteroatoms. The van der Waals surface area contributed by atoms with E-state index in [4.69, 9.17) is 4.42 Å². The highest BCUT2D eigenvalue weighted by molar-refractivity contribution is 7.15. The molecule has 2 heterocycles. The van der Waals surface area contributed by atoms with Crippen molar-refractivity contribution in [3.8, 4) is 0 Å². The minimum Gasteiger partial charge on any atom is -0.469 e. The molecule has 0 aromatic carbocycles. The van der Waals surface area contributed by atoms with E-state index in [-0.39, 0.29) is 23.8 Å². The first-order valence-corrected chi connectivity index (χ1v) is 10.8. The van der Waals surface area contributed by atoms with Crippen LogP contribution in [0.2, 0.25) is 0 Å². The van der Waals surface area contributed by atoms with E-state index in [1.165, 1.54) is 56.1 Å².